The van der Waals surface area contributed by atoms with Gasteiger partial charge in [0, 0.05) is 39.3 Å². The molecule has 0 atom stereocenters. The number of nitrogens with zero attached hydrogens (tertiary/aromatic N) is 2. The topological polar surface area (TPSA) is 15.7 Å². The second-order valence-corrected chi connectivity index (χ2v) is 5.59. The standard InChI is InChI=1S/C13H28N2O/c1-5-14-8-10-15(11-9-14)7-6-12-16-13(2,3)4/h5-12H2,1-4H3. The summed E-state index contributed by atoms with van der Waals surface area (Å²) in [4.78, 5) is 5.07. The summed E-state index contributed by atoms with van der Waals surface area (Å²) in [6.45, 7) is 16.8. The Hall–Kier alpha value is -0.120. The third-order valence-electron chi connectivity index (χ3n) is 3.07. The van der Waals surface area contributed by atoms with E-state index in [1.807, 2.05) is 0 Å². The Morgan fingerprint density at radius 2 is 1.56 bits per heavy atom. The van der Waals surface area contributed by atoms with Crippen molar-refractivity contribution in [3.63, 3.8) is 0 Å². The highest BCUT2D eigenvalue weighted by atomic mass is 16.5. The molecule has 0 bridgehead atoms. The summed E-state index contributed by atoms with van der Waals surface area (Å²) >= 11 is 0. The minimum atomic E-state index is 0.0148. The second kappa shape index (κ2) is 6.58. The van der Waals surface area contributed by atoms with Crippen LogP contribution in [0.1, 0.15) is 34.1 Å². The Balaban J connectivity index is 2.02. The zero-order chi connectivity index (χ0) is 12.0. The van der Waals surface area contributed by atoms with Gasteiger partial charge in [-0.1, -0.05) is 6.92 Å². The van der Waals surface area contributed by atoms with Crippen LogP contribution in [0.4, 0.5) is 0 Å². The first-order valence-electron chi connectivity index (χ1n) is 6.60. The van der Waals surface area contributed by atoms with Crippen LogP contribution in [0.25, 0.3) is 0 Å². The molecular formula is C13H28N2O. The zero-order valence-corrected chi connectivity index (χ0v) is 11.5. The fourth-order valence-electron chi connectivity index (χ4n) is 2.00. The van der Waals surface area contributed by atoms with Crippen LogP contribution in [0.15, 0.2) is 0 Å². The summed E-state index contributed by atoms with van der Waals surface area (Å²) < 4.78 is 5.73. The van der Waals surface area contributed by atoms with Crippen LogP contribution in [0.3, 0.4) is 0 Å². The lowest BCUT2D eigenvalue weighted by Crippen LogP contribution is -2.46. The van der Waals surface area contributed by atoms with Gasteiger partial charge in [0.1, 0.15) is 0 Å². The molecule has 0 N–H and O–H groups in total. The van der Waals surface area contributed by atoms with Gasteiger partial charge in [-0.05, 0) is 33.7 Å². The molecule has 3 heteroatoms. The van der Waals surface area contributed by atoms with Gasteiger partial charge in [-0.2, -0.15) is 0 Å². The maximum Gasteiger partial charge on any atom is 0.0598 e. The Morgan fingerprint density at radius 3 is 2.06 bits per heavy atom. The average Bonchev–Trinajstić information content (AvgIpc) is 2.24. The van der Waals surface area contributed by atoms with E-state index in [0.717, 1.165) is 13.0 Å². The van der Waals surface area contributed by atoms with Crippen LogP contribution in [-0.4, -0.2) is 61.3 Å². The zero-order valence-electron chi connectivity index (χ0n) is 11.5. The molecule has 0 radical (unpaired) electrons. The lowest BCUT2D eigenvalue weighted by atomic mass is 10.2. The van der Waals surface area contributed by atoms with E-state index in [2.05, 4.69) is 37.5 Å². The summed E-state index contributed by atoms with van der Waals surface area (Å²) in [7, 11) is 0. The molecule has 1 heterocycles. The van der Waals surface area contributed by atoms with E-state index in [1.165, 1.54) is 39.3 Å². The highest BCUT2D eigenvalue weighted by Crippen LogP contribution is 2.08. The van der Waals surface area contributed by atoms with Crippen LogP contribution in [0.2, 0.25) is 0 Å². The van der Waals surface area contributed by atoms with E-state index < -0.39 is 0 Å². The Morgan fingerprint density at radius 1 is 1.00 bits per heavy atom. The van der Waals surface area contributed by atoms with Crippen LogP contribution < -0.4 is 0 Å². The summed E-state index contributed by atoms with van der Waals surface area (Å²) in [5, 5.41) is 0. The molecule has 0 aromatic rings. The van der Waals surface area contributed by atoms with Crippen molar-refractivity contribution in [2.45, 2.75) is 39.7 Å². The molecule has 0 amide bonds. The third-order valence-corrected chi connectivity index (χ3v) is 3.07. The van der Waals surface area contributed by atoms with Gasteiger partial charge in [0.25, 0.3) is 0 Å². The molecule has 0 aliphatic carbocycles. The van der Waals surface area contributed by atoms with Gasteiger partial charge in [0.05, 0.1) is 5.60 Å². The Kier molecular flexibility index (Phi) is 5.73. The van der Waals surface area contributed by atoms with Crippen molar-refractivity contribution >= 4 is 0 Å². The van der Waals surface area contributed by atoms with Crippen molar-refractivity contribution in [2.75, 3.05) is 45.9 Å². The van der Waals surface area contributed by atoms with E-state index in [1.54, 1.807) is 0 Å². The highest BCUT2D eigenvalue weighted by Gasteiger charge is 2.15. The molecule has 1 rings (SSSR count). The number of hydrogen-bond acceptors (Lipinski definition) is 3. The number of piperazine rings is 1. The minimum absolute atomic E-state index is 0.0148. The van der Waals surface area contributed by atoms with E-state index in [4.69, 9.17) is 4.74 Å². The van der Waals surface area contributed by atoms with Gasteiger partial charge >= 0.3 is 0 Å². The molecule has 0 unspecified atom stereocenters. The van der Waals surface area contributed by atoms with E-state index in [0.29, 0.717) is 0 Å². The van der Waals surface area contributed by atoms with Gasteiger partial charge in [-0.15, -0.1) is 0 Å². The summed E-state index contributed by atoms with van der Waals surface area (Å²) in [6, 6.07) is 0. The molecule has 0 aromatic heterocycles. The van der Waals surface area contributed by atoms with Crippen LogP contribution >= 0.6 is 0 Å². The molecule has 0 aromatic carbocycles. The molecule has 0 saturated carbocycles. The van der Waals surface area contributed by atoms with Crippen molar-refractivity contribution < 1.29 is 4.74 Å². The molecule has 1 saturated heterocycles. The lowest BCUT2D eigenvalue weighted by molar-refractivity contribution is -0.00828. The van der Waals surface area contributed by atoms with Crippen molar-refractivity contribution in [3.05, 3.63) is 0 Å². The van der Waals surface area contributed by atoms with E-state index in [9.17, 15) is 0 Å². The largest absolute Gasteiger partial charge is 0.376 e. The van der Waals surface area contributed by atoms with Crippen LogP contribution in [0.5, 0.6) is 0 Å². The van der Waals surface area contributed by atoms with Gasteiger partial charge in [0.15, 0.2) is 0 Å². The predicted molar refractivity (Wildman–Crippen MR) is 68.9 cm³/mol. The highest BCUT2D eigenvalue weighted by molar-refractivity contribution is 4.70. The van der Waals surface area contributed by atoms with Crippen LogP contribution in [0, 0.1) is 0 Å². The molecule has 1 aliphatic heterocycles. The summed E-state index contributed by atoms with van der Waals surface area (Å²) in [5.74, 6) is 0. The van der Waals surface area contributed by atoms with Gasteiger partial charge in [-0.25, -0.2) is 0 Å². The first-order valence-corrected chi connectivity index (χ1v) is 6.60. The molecule has 0 spiro atoms. The Labute approximate surface area is 101 Å². The fourth-order valence-corrected chi connectivity index (χ4v) is 2.00. The lowest BCUT2D eigenvalue weighted by Gasteiger charge is -2.34. The fraction of sp³-hybridized carbons (Fsp3) is 1.00. The molecule has 1 aliphatic rings. The third kappa shape index (κ3) is 5.83. The normalized spacial score (nSPS) is 20.2. The minimum Gasteiger partial charge on any atom is -0.376 e. The number of likely N-dealkylation sites (N-methyl/N-ethyl adjacent to an activating group) is 1. The molecule has 3 nitrogen and oxygen atoms in total. The maximum absolute atomic E-state index is 5.73. The first-order chi connectivity index (χ1) is 7.51. The van der Waals surface area contributed by atoms with E-state index >= 15 is 0 Å². The van der Waals surface area contributed by atoms with Gasteiger partial charge < -0.3 is 14.5 Å². The second-order valence-electron chi connectivity index (χ2n) is 5.59. The number of hydrogen-bond donors (Lipinski definition) is 0. The molecule has 1 fully saturated rings. The monoisotopic (exact) mass is 228 g/mol. The van der Waals surface area contributed by atoms with E-state index in [-0.39, 0.29) is 5.60 Å². The molecule has 96 valence electrons. The van der Waals surface area contributed by atoms with Crippen molar-refractivity contribution in [3.8, 4) is 0 Å². The number of rotatable bonds is 5. The smallest absolute Gasteiger partial charge is 0.0598 e. The van der Waals surface area contributed by atoms with Crippen molar-refractivity contribution in [1.82, 2.24) is 9.80 Å². The summed E-state index contributed by atoms with van der Waals surface area (Å²) in [5.41, 5.74) is 0.0148. The van der Waals surface area contributed by atoms with Crippen LogP contribution in [-0.2, 0) is 4.74 Å². The predicted octanol–water partition coefficient (Wildman–Crippen LogP) is 1.83. The Bertz CT molecular complexity index is 181. The summed E-state index contributed by atoms with van der Waals surface area (Å²) in [6.07, 6.45) is 1.16. The SMILES string of the molecule is CCN1CCN(CCCOC(C)(C)C)CC1. The van der Waals surface area contributed by atoms with Crippen molar-refractivity contribution in [2.24, 2.45) is 0 Å². The quantitative estimate of drug-likeness (QED) is 0.668. The molecule has 16 heavy (non-hydrogen) atoms. The van der Waals surface area contributed by atoms with Crippen molar-refractivity contribution in [1.29, 1.82) is 0 Å². The van der Waals surface area contributed by atoms with Gasteiger partial charge in [0.2, 0.25) is 0 Å². The maximum atomic E-state index is 5.73. The first kappa shape index (κ1) is 13.9. The van der Waals surface area contributed by atoms with Gasteiger partial charge in [-0.3, -0.25) is 0 Å². The number of ether oxygens (including phenoxy) is 1. The average molecular weight is 228 g/mol. The molecular weight excluding hydrogens is 200 g/mol.